The summed E-state index contributed by atoms with van der Waals surface area (Å²) < 4.78 is 2.82. The number of carbonyl (C=O) groups is 1. The number of rotatable bonds is 5. The van der Waals surface area contributed by atoms with Gasteiger partial charge in [-0.2, -0.15) is 10.2 Å². The van der Waals surface area contributed by atoms with Crippen LogP contribution in [-0.4, -0.2) is 26.5 Å². The van der Waals surface area contributed by atoms with E-state index in [2.05, 4.69) is 15.6 Å². The van der Waals surface area contributed by atoms with Crippen LogP contribution in [0.4, 0.5) is 0 Å². The molecule has 0 aliphatic rings. The van der Waals surface area contributed by atoms with Crippen LogP contribution in [0.3, 0.4) is 0 Å². The normalized spacial score (nSPS) is 11.1. The summed E-state index contributed by atoms with van der Waals surface area (Å²) in [5, 5.41) is 9.19. The molecule has 1 amide bonds. The van der Waals surface area contributed by atoms with Gasteiger partial charge in [-0.3, -0.25) is 9.59 Å². The summed E-state index contributed by atoms with van der Waals surface area (Å²) in [6.45, 7) is 1.64. The molecule has 7 nitrogen and oxygen atoms in total. The SMILES string of the molecule is Cc1nn(-c2cccc(Cl)c2)c(Cl)c1/C=N\NC(=O)Cn1ccccc1=O. The van der Waals surface area contributed by atoms with Crippen LogP contribution in [0.5, 0.6) is 0 Å². The molecule has 0 bridgehead atoms. The van der Waals surface area contributed by atoms with Crippen molar-refractivity contribution in [2.75, 3.05) is 0 Å². The second kappa shape index (κ2) is 8.20. The molecule has 9 heteroatoms. The van der Waals surface area contributed by atoms with E-state index in [0.717, 1.165) is 0 Å². The Balaban J connectivity index is 1.73. The standard InChI is InChI=1S/C18H15Cl2N5O2/c1-12-15(18(20)25(23-12)14-6-4-5-13(19)9-14)10-21-22-16(26)11-24-8-3-2-7-17(24)27/h2-10H,11H2,1H3,(H,22,26)/b21-10-. The Morgan fingerprint density at radius 2 is 2.07 bits per heavy atom. The van der Waals surface area contributed by atoms with Gasteiger partial charge in [-0.05, 0) is 31.2 Å². The third-order valence-electron chi connectivity index (χ3n) is 3.70. The highest BCUT2D eigenvalue weighted by Crippen LogP contribution is 2.23. The smallest absolute Gasteiger partial charge is 0.260 e. The molecule has 0 saturated heterocycles. The predicted octanol–water partition coefficient (Wildman–Crippen LogP) is 2.80. The number of aromatic nitrogens is 3. The van der Waals surface area contributed by atoms with E-state index in [4.69, 9.17) is 23.2 Å². The maximum Gasteiger partial charge on any atom is 0.260 e. The Morgan fingerprint density at radius 3 is 2.81 bits per heavy atom. The summed E-state index contributed by atoms with van der Waals surface area (Å²) in [6.07, 6.45) is 2.94. The Bertz CT molecular complexity index is 1070. The number of amides is 1. The van der Waals surface area contributed by atoms with Gasteiger partial charge in [-0.15, -0.1) is 0 Å². The molecule has 2 aromatic heterocycles. The Labute approximate surface area is 164 Å². The fourth-order valence-electron chi connectivity index (χ4n) is 2.39. The van der Waals surface area contributed by atoms with Gasteiger partial charge in [0, 0.05) is 17.3 Å². The van der Waals surface area contributed by atoms with E-state index in [1.54, 1.807) is 37.3 Å². The average Bonchev–Trinajstić information content (AvgIpc) is 2.92. The van der Waals surface area contributed by atoms with Gasteiger partial charge >= 0.3 is 0 Å². The van der Waals surface area contributed by atoms with E-state index in [0.29, 0.717) is 27.1 Å². The third kappa shape index (κ3) is 4.45. The van der Waals surface area contributed by atoms with Crippen molar-refractivity contribution in [2.24, 2.45) is 5.10 Å². The first-order valence-electron chi connectivity index (χ1n) is 7.94. The molecule has 2 heterocycles. The minimum absolute atomic E-state index is 0.133. The number of nitrogens with one attached hydrogen (secondary N) is 1. The quantitative estimate of drug-likeness (QED) is 0.525. The zero-order valence-corrected chi connectivity index (χ0v) is 15.8. The predicted molar refractivity (Wildman–Crippen MR) is 105 cm³/mol. The summed E-state index contributed by atoms with van der Waals surface area (Å²) >= 11 is 12.4. The molecule has 0 aliphatic heterocycles. The van der Waals surface area contributed by atoms with Crippen LogP contribution in [-0.2, 0) is 11.3 Å². The van der Waals surface area contributed by atoms with Gasteiger partial charge in [0.15, 0.2) is 0 Å². The van der Waals surface area contributed by atoms with Crippen molar-refractivity contribution < 1.29 is 4.79 Å². The molecule has 0 saturated carbocycles. The highest BCUT2D eigenvalue weighted by molar-refractivity contribution is 6.32. The van der Waals surface area contributed by atoms with Gasteiger partial charge < -0.3 is 4.57 Å². The van der Waals surface area contributed by atoms with Gasteiger partial charge in [0.2, 0.25) is 0 Å². The van der Waals surface area contributed by atoms with Crippen LogP contribution in [0.2, 0.25) is 10.2 Å². The molecule has 138 valence electrons. The largest absolute Gasteiger partial charge is 0.306 e. The number of carbonyl (C=O) groups excluding carboxylic acids is 1. The van der Waals surface area contributed by atoms with Crippen molar-refractivity contribution in [3.63, 3.8) is 0 Å². The fraction of sp³-hybridized carbons (Fsp3) is 0.111. The molecule has 0 fully saturated rings. The van der Waals surface area contributed by atoms with E-state index in [-0.39, 0.29) is 12.1 Å². The summed E-state index contributed by atoms with van der Waals surface area (Å²) in [4.78, 5) is 23.5. The average molecular weight is 404 g/mol. The van der Waals surface area contributed by atoms with Crippen LogP contribution in [0, 0.1) is 6.92 Å². The topological polar surface area (TPSA) is 81.3 Å². The van der Waals surface area contributed by atoms with Crippen LogP contribution in [0.15, 0.2) is 58.6 Å². The molecule has 0 radical (unpaired) electrons. The molecule has 1 N–H and O–H groups in total. The second-order valence-electron chi connectivity index (χ2n) is 5.64. The third-order valence-corrected chi connectivity index (χ3v) is 4.30. The minimum Gasteiger partial charge on any atom is -0.306 e. The summed E-state index contributed by atoms with van der Waals surface area (Å²) in [5.74, 6) is -0.435. The first kappa shape index (κ1) is 18.9. The monoisotopic (exact) mass is 403 g/mol. The molecule has 0 aliphatic carbocycles. The van der Waals surface area contributed by atoms with Crippen LogP contribution >= 0.6 is 23.2 Å². The van der Waals surface area contributed by atoms with Crippen molar-refractivity contribution in [1.29, 1.82) is 0 Å². The summed E-state index contributed by atoms with van der Waals surface area (Å²) in [5.41, 5.74) is 4.02. The van der Waals surface area contributed by atoms with Crippen molar-refractivity contribution in [3.8, 4) is 5.69 Å². The molecule has 3 aromatic rings. The number of aryl methyl sites for hydroxylation is 1. The second-order valence-corrected chi connectivity index (χ2v) is 6.44. The fourth-order valence-corrected chi connectivity index (χ4v) is 2.89. The van der Waals surface area contributed by atoms with E-state index in [1.165, 1.54) is 27.7 Å². The van der Waals surface area contributed by atoms with E-state index in [9.17, 15) is 9.59 Å². The summed E-state index contributed by atoms with van der Waals surface area (Å²) in [7, 11) is 0. The highest BCUT2D eigenvalue weighted by Gasteiger charge is 2.13. The number of halogens is 2. The molecular weight excluding hydrogens is 389 g/mol. The number of hydrogen-bond donors (Lipinski definition) is 1. The van der Waals surface area contributed by atoms with E-state index in [1.807, 2.05) is 6.07 Å². The molecular formula is C18H15Cl2N5O2. The maximum absolute atomic E-state index is 11.9. The van der Waals surface area contributed by atoms with Crippen molar-refractivity contribution in [2.45, 2.75) is 13.5 Å². The Kier molecular flexibility index (Phi) is 5.73. The molecule has 0 unspecified atom stereocenters. The lowest BCUT2D eigenvalue weighted by Gasteiger charge is -2.03. The maximum atomic E-state index is 11.9. The lowest BCUT2D eigenvalue weighted by molar-refractivity contribution is -0.121. The van der Waals surface area contributed by atoms with Crippen LogP contribution < -0.4 is 11.0 Å². The minimum atomic E-state index is -0.435. The van der Waals surface area contributed by atoms with Crippen molar-refractivity contribution >= 4 is 35.3 Å². The molecule has 3 rings (SSSR count). The molecule has 0 spiro atoms. The molecule has 27 heavy (non-hydrogen) atoms. The van der Waals surface area contributed by atoms with Gasteiger partial charge in [0.1, 0.15) is 11.7 Å². The zero-order valence-electron chi connectivity index (χ0n) is 14.3. The zero-order chi connectivity index (χ0) is 19.4. The number of benzene rings is 1. The lowest BCUT2D eigenvalue weighted by atomic mass is 10.3. The number of hydrazone groups is 1. The first-order chi connectivity index (χ1) is 13.0. The molecule has 0 atom stereocenters. The van der Waals surface area contributed by atoms with Crippen molar-refractivity contribution in [1.82, 2.24) is 19.8 Å². The number of pyridine rings is 1. The van der Waals surface area contributed by atoms with E-state index < -0.39 is 5.91 Å². The lowest BCUT2D eigenvalue weighted by Crippen LogP contribution is -2.29. The van der Waals surface area contributed by atoms with E-state index >= 15 is 0 Å². The Hall–Kier alpha value is -2.90. The molecule has 1 aromatic carbocycles. The van der Waals surface area contributed by atoms with Gasteiger partial charge in [-0.1, -0.05) is 35.3 Å². The van der Waals surface area contributed by atoms with Gasteiger partial charge in [0.25, 0.3) is 11.5 Å². The van der Waals surface area contributed by atoms with Crippen LogP contribution in [0.1, 0.15) is 11.3 Å². The summed E-state index contributed by atoms with van der Waals surface area (Å²) in [6, 6.07) is 11.8. The van der Waals surface area contributed by atoms with Crippen molar-refractivity contribution in [3.05, 3.63) is 80.4 Å². The highest BCUT2D eigenvalue weighted by atomic mass is 35.5. The van der Waals surface area contributed by atoms with Crippen LogP contribution in [0.25, 0.3) is 5.69 Å². The number of hydrogen-bond acceptors (Lipinski definition) is 4. The van der Waals surface area contributed by atoms with Gasteiger partial charge in [-0.25, -0.2) is 10.1 Å². The van der Waals surface area contributed by atoms with Gasteiger partial charge in [0.05, 0.1) is 23.2 Å². The number of nitrogens with zero attached hydrogens (tertiary/aromatic N) is 4. The Morgan fingerprint density at radius 1 is 1.26 bits per heavy atom. The first-order valence-corrected chi connectivity index (χ1v) is 8.70.